The summed E-state index contributed by atoms with van der Waals surface area (Å²) in [4.78, 5) is 48.5. The molecule has 1 atom stereocenters. The van der Waals surface area contributed by atoms with E-state index in [4.69, 9.17) is 19.2 Å². The maximum atomic E-state index is 13.3. The number of thioether (sulfide) groups is 1. The third kappa shape index (κ3) is 5.42. The van der Waals surface area contributed by atoms with Crippen LogP contribution in [0.15, 0.2) is 58.2 Å². The highest BCUT2D eigenvalue weighted by molar-refractivity contribution is 8.16. The molecule has 0 aromatic heterocycles. The number of piperazine rings is 1. The number of allylic oxidation sites excluding steroid dienone is 1. The minimum absolute atomic E-state index is 0.00859. The van der Waals surface area contributed by atoms with Gasteiger partial charge in [-0.3, -0.25) is 9.59 Å². The Morgan fingerprint density at radius 2 is 1.84 bits per heavy atom. The number of hydrogen-bond acceptors (Lipinski definition) is 9. The molecule has 0 spiro atoms. The molecule has 0 N–H and O–H groups in total. The van der Waals surface area contributed by atoms with Gasteiger partial charge >= 0.3 is 5.97 Å². The molecule has 1 aromatic rings. The lowest BCUT2D eigenvalue weighted by atomic mass is 9.92. The summed E-state index contributed by atoms with van der Waals surface area (Å²) in [6, 6.07) is 4.73. The molecule has 1 aromatic carbocycles. The zero-order valence-electron chi connectivity index (χ0n) is 22.1. The first-order valence-electron chi connectivity index (χ1n) is 12.3. The van der Waals surface area contributed by atoms with Gasteiger partial charge in [-0.15, -0.1) is 0 Å². The summed E-state index contributed by atoms with van der Waals surface area (Å²) in [7, 11) is 3.14. The Morgan fingerprint density at radius 1 is 1.13 bits per heavy atom. The van der Waals surface area contributed by atoms with Crippen molar-refractivity contribution in [2.24, 2.45) is 4.99 Å². The van der Waals surface area contributed by atoms with Crippen LogP contribution < -0.4 is 9.47 Å². The molecule has 1 fully saturated rings. The third-order valence-electron chi connectivity index (χ3n) is 6.69. The van der Waals surface area contributed by atoms with Gasteiger partial charge in [0, 0.05) is 44.4 Å². The van der Waals surface area contributed by atoms with E-state index < -0.39 is 12.0 Å². The fourth-order valence-corrected chi connectivity index (χ4v) is 5.69. The number of nitrogens with zero attached hydrogens (tertiary/aromatic N) is 4. The number of carbonyl (C=O) groups excluding carboxylic acids is 3. The molecular weight excluding hydrogens is 508 g/mol. The summed E-state index contributed by atoms with van der Waals surface area (Å²) in [5.74, 6) is 0.580. The predicted molar refractivity (Wildman–Crippen MR) is 145 cm³/mol. The second kappa shape index (κ2) is 11.8. The van der Waals surface area contributed by atoms with Crippen LogP contribution in [0.4, 0.5) is 0 Å². The Balaban J connectivity index is 1.69. The van der Waals surface area contributed by atoms with Gasteiger partial charge in [0.15, 0.2) is 5.17 Å². The van der Waals surface area contributed by atoms with Crippen LogP contribution in [-0.4, -0.2) is 84.7 Å². The van der Waals surface area contributed by atoms with Crippen LogP contribution in [0.1, 0.15) is 31.9 Å². The quantitative estimate of drug-likeness (QED) is 0.366. The third-order valence-corrected chi connectivity index (χ3v) is 7.58. The average molecular weight is 541 g/mol. The average Bonchev–Trinajstić information content (AvgIpc) is 3.32. The van der Waals surface area contributed by atoms with Gasteiger partial charge in [0.1, 0.15) is 18.1 Å². The largest absolute Gasteiger partial charge is 0.497 e. The molecule has 11 heteroatoms. The summed E-state index contributed by atoms with van der Waals surface area (Å²) in [5, 5.41) is 2.55. The lowest BCUT2D eigenvalue weighted by molar-refractivity contribution is -0.138. The number of esters is 1. The summed E-state index contributed by atoms with van der Waals surface area (Å²) < 4.78 is 16.6. The number of fused-ring (bicyclic) bond motifs is 1. The van der Waals surface area contributed by atoms with Crippen molar-refractivity contribution in [3.05, 3.63) is 58.8 Å². The van der Waals surface area contributed by atoms with Gasteiger partial charge in [-0.1, -0.05) is 24.4 Å². The Labute approximate surface area is 226 Å². The lowest BCUT2D eigenvalue weighted by Gasteiger charge is -2.38. The van der Waals surface area contributed by atoms with E-state index in [0.717, 1.165) is 0 Å². The molecule has 0 radical (unpaired) electrons. The highest BCUT2D eigenvalue weighted by Gasteiger charge is 2.43. The number of methoxy groups -OCH3 is 2. The topological polar surface area (TPSA) is 101 Å². The minimum atomic E-state index is -0.659. The number of ether oxygens (including phenoxy) is 3. The number of aliphatic imine (C=N–C) groups is 1. The molecule has 4 rings (SSSR count). The summed E-state index contributed by atoms with van der Waals surface area (Å²) in [5.41, 5.74) is 2.26. The molecule has 2 amide bonds. The van der Waals surface area contributed by atoms with E-state index >= 15 is 0 Å². The Hall–Kier alpha value is -3.73. The van der Waals surface area contributed by atoms with Crippen molar-refractivity contribution in [2.45, 2.75) is 26.3 Å². The Bertz CT molecular complexity index is 1230. The molecule has 0 bridgehead atoms. The van der Waals surface area contributed by atoms with E-state index in [0.29, 0.717) is 65.4 Å². The summed E-state index contributed by atoms with van der Waals surface area (Å²) in [6.07, 6.45) is 1.62. The van der Waals surface area contributed by atoms with Crippen molar-refractivity contribution >= 4 is 34.7 Å². The van der Waals surface area contributed by atoms with Crippen LogP contribution in [0, 0.1) is 0 Å². The van der Waals surface area contributed by atoms with Crippen LogP contribution in [0.5, 0.6) is 11.5 Å². The van der Waals surface area contributed by atoms with Crippen molar-refractivity contribution in [2.75, 3.05) is 47.0 Å². The zero-order valence-corrected chi connectivity index (χ0v) is 22.9. The van der Waals surface area contributed by atoms with Gasteiger partial charge in [0.25, 0.3) is 0 Å². The van der Waals surface area contributed by atoms with Crippen LogP contribution in [-0.2, 0) is 19.1 Å². The van der Waals surface area contributed by atoms with Gasteiger partial charge < -0.3 is 28.9 Å². The lowest BCUT2D eigenvalue weighted by Crippen LogP contribution is -2.50. The first-order chi connectivity index (χ1) is 18.3. The highest BCUT2D eigenvalue weighted by atomic mass is 32.2. The number of amides is 2. The van der Waals surface area contributed by atoms with Crippen molar-refractivity contribution in [3.8, 4) is 11.5 Å². The molecule has 10 nitrogen and oxygen atoms in total. The van der Waals surface area contributed by atoms with Gasteiger partial charge in [-0.05, 0) is 30.5 Å². The van der Waals surface area contributed by atoms with Crippen LogP contribution >= 0.6 is 11.8 Å². The van der Waals surface area contributed by atoms with Gasteiger partial charge in [0.05, 0.1) is 38.0 Å². The fourth-order valence-electron chi connectivity index (χ4n) is 4.73. The molecular formula is C27H32N4O6S. The fraction of sp³-hybridized carbons (Fsp3) is 0.407. The van der Waals surface area contributed by atoms with Crippen LogP contribution in [0.2, 0.25) is 0 Å². The van der Waals surface area contributed by atoms with Crippen LogP contribution in [0.3, 0.4) is 0 Å². The van der Waals surface area contributed by atoms with E-state index in [9.17, 15) is 14.4 Å². The summed E-state index contributed by atoms with van der Waals surface area (Å²) in [6.45, 7) is 8.97. The van der Waals surface area contributed by atoms with Gasteiger partial charge in [-0.25, -0.2) is 9.79 Å². The minimum Gasteiger partial charge on any atom is -0.497 e. The summed E-state index contributed by atoms with van der Waals surface area (Å²) >= 11 is 1.40. The molecule has 0 aliphatic carbocycles. The molecule has 0 unspecified atom stereocenters. The first kappa shape index (κ1) is 27.3. The number of benzene rings is 1. The molecule has 38 heavy (non-hydrogen) atoms. The molecule has 3 heterocycles. The monoisotopic (exact) mass is 540 g/mol. The van der Waals surface area contributed by atoms with E-state index in [2.05, 4.69) is 6.58 Å². The Morgan fingerprint density at radius 3 is 2.47 bits per heavy atom. The van der Waals surface area contributed by atoms with Crippen molar-refractivity contribution < 1.29 is 28.6 Å². The van der Waals surface area contributed by atoms with E-state index in [-0.39, 0.29) is 24.8 Å². The standard InChI is InChI=1S/C27H32N4O6S/c1-6-13-37-26(34)24-17(2)28-27-31(25(24)21-15-20(35-4)7-8-22(21)36-5)19(16-38-27)14-23(33)30-11-9-29(10-12-30)18(3)32/h6-8,15-16,25H,1,9-14H2,2-5H3/t25-/m0/s1. The van der Waals surface area contributed by atoms with Crippen molar-refractivity contribution in [1.29, 1.82) is 0 Å². The maximum Gasteiger partial charge on any atom is 0.338 e. The van der Waals surface area contributed by atoms with Crippen molar-refractivity contribution in [1.82, 2.24) is 14.7 Å². The number of carbonyl (C=O) groups is 3. The normalized spacial score (nSPS) is 18.9. The number of hydrogen-bond donors (Lipinski definition) is 0. The van der Waals surface area contributed by atoms with Gasteiger partial charge in [0.2, 0.25) is 11.8 Å². The van der Waals surface area contributed by atoms with E-state index in [1.165, 1.54) is 24.8 Å². The molecule has 1 saturated heterocycles. The molecule has 3 aliphatic rings. The van der Waals surface area contributed by atoms with Gasteiger partial charge in [-0.2, -0.15) is 0 Å². The smallest absolute Gasteiger partial charge is 0.338 e. The number of amidine groups is 1. The SMILES string of the molecule is C=CCOC(=O)C1=C(C)N=C2SC=C(CC(=O)N3CCN(C(C)=O)CC3)N2[C@H]1c1cc(OC)ccc1OC. The molecule has 0 saturated carbocycles. The Kier molecular flexibility index (Phi) is 8.45. The second-order valence-electron chi connectivity index (χ2n) is 8.95. The molecule has 202 valence electrons. The van der Waals surface area contributed by atoms with E-state index in [1.54, 1.807) is 43.1 Å². The first-order valence-corrected chi connectivity index (χ1v) is 13.1. The maximum absolute atomic E-state index is 13.3. The van der Waals surface area contributed by atoms with Crippen molar-refractivity contribution in [3.63, 3.8) is 0 Å². The number of rotatable bonds is 8. The highest BCUT2D eigenvalue weighted by Crippen LogP contribution is 2.47. The predicted octanol–water partition coefficient (Wildman–Crippen LogP) is 3.09. The zero-order chi connectivity index (χ0) is 27.4. The van der Waals surface area contributed by atoms with Crippen LogP contribution in [0.25, 0.3) is 0 Å². The molecule has 3 aliphatic heterocycles. The second-order valence-corrected chi connectivity index (χ2v) is 9.79. The van der Waals surface area contributed by atoms with E-state index in [1.807, 2.05) is 16.4 Å².